The number of carbonyl (C=O) groups excluding carboxylic acids is 1. The monoisotopic (exact) mass is 295 g/mol. The number of ether oxygens (including phenoxy) is 1. The normalized spacial score (nSPS) is 21.6. The summed E-state index contributed by atoms with van der Waals surface area (Å²) in [5.41, 5.74) is 2.98. The summed E-state index contributed by atoms with van der Waals surface area (Å²) in [6.45, 7) is 5.26. The number of rotatable bonds is 2. The first-order valence-electron chi connectivity index (χ1n) is 7.70. The summed E-state index contributed by atoms with van der Waals surface area (Å²) in [5, 5.41) is 0. The van der Waals surface area contributed by atoms with Gasteiger partial charge in [-0.25, -0.2) is 0 Å². The van der Waals surface area contributed by atoms with Crippen LogP contribution >= 0.6 is 0 Å². The van der Waals surface area contributed by atoms with E-state index < -0.39 is 0 Å². The van der Waals surface area contributed by atoms with Gasteiger partial charge in [0, 0.05) is 12.1 Å². The van der Waals surface area contributed by atoms with Crippen LogP contribution in [0.25, 0.3) is 0 Å². The summed E-state index contributed by atoms with van der Waals surface area (Å²) in [5.74, 6) is 0.0831. The first-order chi connectivity index (χ1) is 10.6. The fourth-order valence-electron chi connectivity index (χ4n) is 2.93. The van der Waals surface area contributed by atoms with Crippen molar-refractivity contribution >= 4 is 5.91 Å². The molecule has 0 aliphatic carbocycles. The van der Waals surface area contributed by atoms with Crippen molar-refractivity contribution in [1.82, 2.24) is 4.90 Å². The van der Waals surface area contributed by atoms with E-state index in [1.807, 2.05) is 61.2 Å². The highest BCUT2D eigenvalue weighted by Gasteiger charge is 2.29. The lowest BCUT2D eigenvalue weighted by atomic mass is 10.0. The summed E-state index contributed by atoms with van der Waals surface area (Å²) in [6.07, 6.45) is -0.0218. The standard InChI is InChI=1S/C19H21NO2/c1-14-7-6-10-17(11-14)19(21)20-12-15(2)22-18(13-20)16-8-4-3-5-9-16/h3-11,15,18H,12-13H2,1-2H3. The van der Waals surface area contributed by atoms with Gasteiger partial charge in [-0.15, -0.1) is 0 Å². The zero-order chi connectivity index (χ0) is 15.5. The fourth-order valence-corrected chi connectivity index (χ4v) is 2.93. The lowest BCUT2D eigenvalue weighted by Gasteiger charge is -2.37. The van der Waals surface area contributed by atoms with Crippen LogP contribution in [0.2, 0.25) is 0 Å². The van der Waals surface area contributed by atoms with Gasteiger partial charge in [0.15, 0.2) is 0 Å². The number of morpholine rings is 1. The van der Waals surface area contributed by atoms with E-state index in [-0.39, 0.29) is 18.1 Å². The zero-order valence-electron chi connectivity index (χ0n) is 13.0. The van der Waals surface area contributed by atoms with Crippen molar-refractivity contribution in [2.45, 2.75) is 26.1 Å². The Hall–Kier alpha value is -2.13. The highest BCUT2D eigenvalue weighted by Crippen LogP contribution is 2.26. The Morgan fingerprint density at radius 3 is 2.59 bits per heavy atom. The molecule has 3 heteroatoms. The Bertz CT molecular complexity index is 653. The molecule has 2 unspecified atom stereocenters. The minimum absolute atomic E-state index is 0.0349. The summed E-state index contributed by atoms with van der Waals surface area (Å²) in [6, 6.07) is 17.9. The van der Waals surface area contributed by atoms with Gasteiger partial charge in [-0.1, -0.05) is 48.0 Å². The van der Waals surface area contributed by atoms with E-state index in [0.29, 0.717) is 13.1 Å². The predicted molar refractivity (Wildman–Crippen MR) is 86.8 cm³/mol. The molecule has 0 aromatic heterocycles. The largest absolute Gasteiger partial charge is 0.367 e. The number of nitrogens with zero attached hydrogens (tertiary/aromatic N) is 1. The molecule has 1 amide bonds. The molecule has 1 fully saturated rings. The van der Waals surface area contributed by atoms with Crippen LogP contribution in [0.15, 0.2) is 54.6 Å². The van der Waals surface area contributed by atoms with E-state index >= 15 is 0 Å². The van der Waals surface area contributed by atoms with Gasteiger partial charge in [0.25, 0.3) is 5.91 Å². The maximum Gasteiger partial charge on any atom is 0.254 e. The number of carbonyl (C=O) groups is 1. The quantitative estimate of drug-likeness (QED) is 0.847. The molecule has 2 aromatic rings. The summed E-state index contributed by atoms with van der Waals surface area (Å²) in [4.78, 5) is 14.6. The zero-order valence-corrected chi connectivity index (χ0v) is 13.0. The van der Waals surface area contributed by atoms with Gasteiger partial charge < -0.3 is 9.64 Å². The molecule has 1 saturated heterocycles. The highest BCUT2D eigenvalue weighted by atomic mass is 16.5. The lowest BCUT2D eigenvalue weighted by Crippen LogP contribution is -2.46. The SMILES string of the molecule is Cc1cccc(C(=O)N2CC(C)OC(c3ccccc3)C2)c1. The Morgan fingerprint density at radius 2 is 1.86 bits per heavy atom. The van der Waals surface area contributed by atoms with Crippen LogP contribution in [0.1, 0.15) is 34.5 Å². The molecule has 0 spiro atoms. The Labute approximate surface area is 131 Å². The van der Waals surface area contributed by atoms with Crippen molar-refractivity contribution in [2.24, 2.45) is 0 Å². The summed E-state index contributed by atoms with van der Waals surface area (Å²) < 4.78 is 6.02. The molecule has 0 radical (unpaired) electrons. The van der Waals surface area contributed by atoms with E-state index in [4.69, 9.17) is 4.74 Å². The molecule has 0 saturated carbocycles. The number of benzene rings is 2. The predicted octanol–water partition coefficient (Wildman–Crippen LogP) is 3.60. The van der Waals surface area contributed by atoms with Crippen LogP contribution < -0.4 is 0 Å². The maximum atomic E-state index is 12.7. The van der Waals surface area contributed by atoms with Crippen molar-refractivity contribution in [2.75, 3.05) is 13.1 Å². The molecule has 114 valence electrons. The third-order valence-corrected chi connectivity index (χ3v) is 3.98. The molecule has 3 nitrogen and oxygen atoms in total. The van der Waals surface area contributed by atoms with Crippen molar-refractivity contribution in [3.8, 4) is 0 Å². The first kappa shape index (κ1) is 14.8. The molecule has 0 bridgehead atoms. The molecular weight excluding hydrogens is 274 g/mol. The van der Waals surface area contributed by atoms with E-state index in [2.05, 4.69) is 12.1 Å². The van der Waals surface area contributed by atoms with Crippen LogP contribution in [0.5, 0.6) is 0 Å². The molecule has 0 N–H and O–H groups in total. The summed E-state index contributed by atoms with van der Waals surface area (Å²) >= 11 is 0. The average Bonchev–Trinajstić information content (AvgIpc) is 2.54. The van der Waals surface area contributed by atoms with Gasteiger partial charge in [0.05, 0.1) is 12.6 Å². The molecule has 3 rings (SSSR count). The Balaban J connectivity index is 1.80. The second kappa shape index (κ2) is 6.32. The molecule has 2 aromatic carbocycles. The van der Waals surface area contributed by atoms with E-state index in [9.17, 15) is 4.79 Å². The highest BCUT2D eigenvalue weighted by molar-refractivity contribution is 5.94. The van der Waals surface area contributed by atoms with Crippen molar-refractivity contribution in [3.05, 3.63) is 71.3 Å². The van der Waals surface area contributed by atoms with E-state index in [1.54, 1.807) is 0 Å². The van der Waals surface area contributed by atoms with Crippen LogP contribution in [0.4, 0.5) is 0 Å². The second-order valence-electron chi connectivity index (χ2n) is 5.93. The van der Waals surface area contributed by atoms with Gasteiger partial charge in [0.1, 0.15) is 6.10 Å². The molecule has 1 aliphatic rings. The minimum Gasteiger partial charge on any atom is -0.367 e. The number of amides is 1. The fraction of sp³-hybridized carbons (Fsp3) is 0.316. The molecular formula is C19H21NO2. The maximum absolute atomic E-state index is 12.7. The number of hydrogen-bond donors (Lipinski definition) is 0. The summed E-state index contributed by atoms with van der Waals surface area (Å²) in [7, 11) is 0. The third kappa shape index (κ3) is 3.20. The second-order valence-corrected chi connectivity index (χ2v) is 5.93. The van der Waals surface area contributed by atoms with Crippen LogP contribution in [0, 0.1) is 6.92 Å². The van der Waals surface area contributed by atoms with Gasteiger partial charge in [-0.2, -0.15) is 0 Å². The van der Waals surface area contributed by atoms with Gasteiger partial charge >= 0.3 is 0 Å². The van der Waals surface area contributed by atoms with E-state index in [0.717, 1.165) is 16.7 Å². The molecule has 2 atom stereocenters. The molecule has 1 aliphatic heterocycles. The Morgan fingerprint density at radius 1 is 1.09 bits per heavy atom. The first-order valence-corrected chi connectivity index (χ1v) is 7.70. The molecule has 1 heterocycles. The lowest BCUT2D eigenvalue weighted by molar-refractivity contribution is -0.0691. The Kier molecular flexibility index (Phi) is 4.25. The van der Waals surface area contributed by atoms with Gasteiger partial charge in [-0.05, 0) is 31.5 Å². The van der Waals surface area contributed by atoms with Crippen LogP contribution in [-0.4, -0.2) is 30.0 Å². The smallest absolute Gasteiger partial charge is 0.254 e. The van der Waals surface area contributed by atoms with Crippen LogP contribution in [-0.2, 0) is 4.74 Å². The van der Waals surface area contributed by atoms with E-state index in [1.165, 1.54) is 0 Å². The van der Waals surface area contributed by atoms with Crippen molar-refractivity contribution in [1.29, 1.82) is 0 Å². The topological polar surface area (TPSA) is 29.5 Å². The van der Waals surface area contributed by atoms with Crippen LogP contribution in [0.3, 0.4) is 0 Å². The number of aryl methyl sites for hydroxylation is 1. The van der Waals surface area contributed by atoms with Crippen molar-refractivity contribution in [3.63, 3.8) is 0 Å². The van der Waals surface area contributed by atoms with Crippen molar-refractivity contribution < 1.29 is 9.53 Å². The molecule has 22 heavy (non-hydrogen) atoms. The van der Waals surface area contributed by atoms with Gasteiger partial charge in [-0.3, -0.25) is 4.79 Å². The third-order valence-electron chi connectivity index (χ3n) is 3.98. The number of hydrogen-bond acceptors (Lipinski definition) is 2. The minimum atomic E-state index is -0.0568. The van der Waals surface area contributed by atoms with Gasteiger partial charge in [0.2, 0.25) is 0 Å². The average molecular weight is 295 g/mol.